The molecule has 1 unspecified atom stereocenters. The lowest BCUT2D eigenvalue weighted by molar-refractivity contribution is 0.413. The zero-order valence-corrected chi connectivity index (χ0v) is 14.8. The molecule has 0 fully saturated rings. The van der Waals surface area contributed by atoms with Crippen molar-refractivity contribution in [2.45, 2.75) is 65.2 Å². The van der Waals surface area contributed by atoms with Crippen molar-refractivity contribution in [3.63, 3.8) is 0 Å². The predicted molar refractivity (Wildman–Crippen MR) is 101 cm³/mol. The van der Waals surface area contributed by atoms with Crippen molar-refractivity contribution in [3.8, 4) is 11.1 Å². The van der Waals surface area contributed by atoms with Gasteiger partial charge in [0.15, 0.2) is 0 Å². The summed E-state index contributed by atoms with van der Waals surface area (Å²) < 4.78 is 0. The lowest BCUT2D eigenvalue weighted by Gasteiger charge is -2.25. The molecule has 1 atom stereocenters. The van der Waals surface area contributed by atoms with E-state index >= 15 is 0 Å². The average molecular weight is 306 g/mol. The van der Waals surface area contributed by atoms with E-state index < -0.39 is 0 Å². The van der Waals surface area contributed by atoms with E-state index in [4.69, 9.17) is 0 Å². The first-order chi connectivity index (χ1) is 11.3. The topological polar surface area (TPSA) is 0 Å². The van der Waals surface area contributed by atoms with Gasteiger partial charge in [0, 0.05) is 0 Å². The number of hydrogen-bond acceptors (Lipinski definition) is 0. The molecule has 0 saturated carbocycles. The maximum absolute atomic E-state index is 2.44. The van der Waals surface area contributed by atoms with E-state index in [1.54, 1.807) is 11.1 Å². The molecule has 2 aromatic carbocycles. The molecule has 0 bridgehead atoms. The van der Waals surface area contributed by atoms with Crippen molar-refractivity contribution in [1.29, 1.82) is 0 Å². The Labute approximate surface area is 141 Å². The fourth-order valence-electron chi connectivity index (χ4n) is 3.90. The van der Waals surface area contributed by atoms with Crippen molar-refractivity contribution >= 4 is 0 Å². The van der Waals surface area contributed by atoms with Crippen LogP contribution in [-0.4, -0.2) is 0 Å². The second kappa shape index (κ2) is 7.81. The van der Waals surface area contributed by atoms with Gasteiger partial charge in [0.2, 0.25) is 0 Å². The molecular formula is C23H30. The summed E-state index contributed by atoms with van der Waals surface area (Å²) in [5.74, 6) is 0.918. The third-order valence-corrected chi connectivity index (χ3v) is 5.33. The van der Waals surface area contributed by atoms with Gasteiger partial charge in [-0.15, -0.1) is 0 Å². The van der Waals surface area contributed by atoms with Gasteiger partial charge in [-0.25, -0.2) is 0 Å². The Morgan fingerprint density at radius 1 is 0.870 bits per heavy atom. The number of hydrogen-bond donors (Lipinski definition) is 0. The second-order valence-electron chi connectivity index (χ2n) is 7.18. The first-order valence-corrected chi connectivity index (χ1v) is 9.51. The number of fused-ring (bicyclic) bond motifs is 1. The summed E-state index contributed by atoms with van der Waals surface area (Å²) in [4.78, 5) is 0. The molecule has 0 aromatic heterocycles. The largest absolute Gasteiger partial charge is 0.0654 e. The van der Waals surface area contributed by atoms with E-state index in [0.29, 0.717) is 0 Å². The van der Waals surface area contributed by atoms with Crippen LogP contribution < -0.4 is 0 Å². The maximum Gasteiger partial charge on any atom is -0.0181 e. The highest BCUT2D eigenvalue weighted by molar-refractivity contribution is 5.65. The van der Waals surface area contributed by atoms with Crippen LogP contribution in [0.4, 0.5) is 0 Å². The Hall–Kier alpha value is -1.56. The van der Waals surface area contributed by atoms with Crippen LogP contribution in [0.1, 0.15) is 62.6 Å². The summed E-state index contributed by atoms with van der Waals surface area (Å²) in [7, 11) is 0. The zero-order chi connectivity index (χ0) is 16.1. The van der Waals surface area contributed by atoms with Crippen LogP contribution in [0.15, 0.2) is 42.5 Å². The Morgan fingerprint density at radius 2 is 1.65 bits per heavy atom. The minimum atomic E-state index is 0.918. The minimum Gasteiger partial charge on any atom is -0.0654 e. The molecule has 0 nitrogen and oxygen atoms in total. The molecular weight excluding hydrogens is 276 g/mol. The molecule has 23 heavy (non-hydrogen) atoms. The summed E-state index contributed by atoms with van der Waals surface area (Å²) >= 11 is 0. The summed E-state index contributed by atoms with van der Waals surface area (Å²) in [6.07, 6.45) is 10.5. The number of aryl methyl sites for hydroxylation is 2. The van der Waals surface area contributed by atoms with Gasteiger partial charge in [-0.2, -0.15) is 0 Å². The maximum atomic E-state index is 2.44. The lowest BCUT2D eigenvalue weighted by Crippen LogP contribution is -2.14. The Balaban J connectivity index is 1.74. The first-order valence-electron chi connectivity index (χ1n) is 9.51. The van der Waals surface area contributed by atoms with Crippen molar-refractivity contribution in [1.82, 2.24) is 0 Å². The molecule has 0 aliphatic heterocycles. The van der Waals surface area contributed by atoms with E-state index in [2.05, 4.69) is 56.3 Å². The van der Waals surface area contributed by atoms with E-state index in [-0.39, 0.29) is 0 Å². The molecule has 0 radical (unpaired) electrons. The van der Waals surface area contributed by atoms with Crippen molar-refractivity contribution in [2.24, 2.45) is 5.92 Å². The van der Waals surface area contributed by atoms with Gasteiger partial charge in [0.25, 0.3) is 0 Å². The number of unbranched alkanes of at least 4 members (excludes halogenated alkanes) is 1. The molecule has 0 heteroatoms. The smallest absolute Gasteiger partial charge is 0.0181 e. The summed E-state index contributed by atoms with van der Waals surface area (Å²) in [6.45, 7) is 4.54. The van der Waals surface area contributed by atoms with Crippen molar-refractivity contribution in [3.05, 3.63) is 59.2 Å². The minimum absolute atomic E-state index is 0.918. The highest BCUT2D eigenvalue weighted by Gasteiger charge is 2.18. The monoisotopic (exact) mass is 306 g/mol. The summed E-state index contributed by atoms with van der Waals surface area (Å²) in [5.41, 5.74) is 7.39. The van der Waals surface area contributed by atoms with Gasteiger partial charge in [-0.1, -0.05) is 82.0 Å². The Bertz CT molecular complexity index is 621. The summed E-state index contributed by atoms with van der Waals surface area (Å²) in [5, 5.41) is 0. The van der Waals surface area contributed by atoms with Gasteiger partial charge < -0.3 is 0 Å². The molecule has 1 aliphatic carbocycles. The number of rotatable bonds is 6. The van der Waals surface area contributed by atoms with Crippen LogP contribution in [0.3, 0.4) is 0 Å². The van der Waals surface area contributed by atoms with E-state index in [9.17, 15) is 0 Å². The predicted octanol–water partition coefficient (Wildman–Crippen LogP) is 6.60. The van der Waals surface area contributed by atoms with Crippen molar-refractivity contribution in [2.75, 3.05) is 0 Å². The van der Waals surface area contributed by atoms with Crippen LogP contribution in [0.5, 0.6) is 0 Å². The first kappa shape index (κ1) is 16.3. The third kappa shape index (κ3) is 4.05. The van der Waals surface area contributed by atoms with E-state index in [0.717, 1.165) is 5.92 Å². The molecule has 1 aliphatic rings. The zero-order valence-electron chi connectivity index (χ0n) is 14.8. The average Bonchev–Trinajstić information content (AvgIpc) is 2.60. The third-order valence-electron chi connectivity index (χ3n) is 5.33. The molecule has 3 rings (SSSR count). The highest BCUT2D eigenvalue weighted by atomic mass is 14.2. The Morgan fingerprint density at radius 3 is 2.39 bits per heavy atom. The van der Waals surface area contributed by atoms with Crippen LogP contribution in [0.2, 0.25) is 0 Å². The molecule has 0 heterocycles. The molecule has 0 amide bonds. The Kier molecular flexibility index (Phi) is 5.54. The van der Waals surface area contributed by atoms with Crippen LogP contribution >= 0.6 is 0 Å². The van der Waals surface area contributed by atoms with Crippen LogP contribution in [0, 0.1) is 5.92 Å². The molecule has 0 saturated heterocycles. The van der Waals surface area contributed by atoms with Gasteiger partial charge in [0.1, 0.15) is 0 Å². The fraction of sp³-hybridized carbons (Fsp3) is 0.478. The lowest BCUT2D eigenvalue weighted by atomic mass is 9.80. The van der Waals surface area contributed by atoms with Gasteiger partial charge in [-0.05, 0) is 59.4 Å². The number of benzene rings is 2. The molecule has 2 aromatic rings. The van der Waals surface area contributed by atoms with Gasteiger partial charge >= 0.3 is 0 Å². The quantitative estimate of drug-likeness (QED) is 0.564. The van der Waals surface area contributed by atoms with Gasteiger partial charge in [-0.3, -0.25) is 0 Å². The van der Waals surface area contributed by atoms with Gasteiger partial charge in [0.05, 0.1) is 0 Å². The van der Waals surface area contributed by atoms with Crippen LogP contribution in [-0.2, 0) is 19.3 Å². The normalized spacial score (nSPS) is 17.0. The summed E-state index contributed by atoms with van der Waals surface area (Å²) in [6, 6.07) is 16.3. The highest BCUT2D eigenvalue weighted by Crippen LogP contribution is 2.32. The molecule has 0 N–H and O–H groups in total. The molecule has 122 valence electrons. The standard InChI is InChI=1S/C23H30/c1-3-5-7-19-10-13-23-17-22(15-14-21(23)16-19)20-11-8-18(6-4-2)9-12-20/h8-9,11-12,14-15,17,19H,3-7,10,13,16H2,1-2H3. The second-order valence-corrected chi connectivity index (χ2v) is 7.18. The molecule has 0 spiro atoms. The SMILES string of the molecule is CCCCC1CCc2cc(-c3ccc(CCC)cc3)ccc2C1. The van der Waals surface area contributed by atoms with Crippen LogP contribution in [0.25, 0.3) is 11.1 Å². The van der Waals surface area contributed by atoms with E-state index in [1.807, 2.05) is 0 Å². The fourth-order valence-corrected chi connectivity index (χ4v) is 3.90. The van der Waals surface area contributed by atoms with Crippen molar-refractivity contribution < 1.29 is 0 Å². The van der Waals surface area contributed by atoms with E-state index in [1.165, 1.54) is 68.1 Å².